The van der Waals surface area contributed by atoms with E-state index in [2.05, 4.69) is 0 Å². The van der Waals surface area contributed by atoms with Gasteiger partial charge in [-0.15, -0.1) is 0 Å². The Hall–Kier alpha value is -0.135. The Morgan fingerprint density at radius 1 is 1.20 bits per heavy atom. The molecule has 50 valence electrons. The van der Waals surface area contributed by atoms with Crippen molar-refractivity contribution in [1.29, 1.82) is 0 Å². The fourth-order valence-corrected chi connectivity index (χ4v) is 1.17. The van der Waals surface area contributed by atoms with E-state index in [1.54, 1.807) is 12.1 Å². The molecule has 1 aromatic carbocycles. The third-order valence-electron chi connectivity index (χ3n) is 1.30. The van der Waals surface area contributed by atoms with Crippen LogP contribution in [0.3, 0.4) is 0 Å². The Morgan fingerprint density at radius 2 is 1.60 bits per heavy atom. The van der Waals surface area contributed by atoms with Crippen LogP contribution < -0.4 is 5.46 Å². The molecule has 1 aromatic rings. The van der Waals surface area contributed by atoms with Gasteiger partial charge in [0.15, 0.2) is 0 Å². The van der Waals surface area contributed by atoms with Gasteiger partial charge < -0.3 is 0 Å². The molecule has 0 nitrogen and oxygen atoms in total. The van der Waals surface area contributed by atoms with Gasteiger partial charge in [0.2, 0.25) is 0 Å². The van der Waals surface area contributed by atoms with E-state index < -0.39 is 0 Å². The topological polar surface area (TPSA) is 0 Å². The Bertz CT molecular complexity index is 235. The van der Waals surface area contributed by atoms with Crippen LogP contribution in [0.15, 0.2) is 12.1 Å². The second-order valence-corrected chi connectivity index (χ2v) is 2.92. The minimum absolute atomic E-state index is 0.598. The fourth-order valence-electron chi connectivity index (χ4n) is 0.665. The van der Waals surface area contributed by atoms with Gasteiger partial charge in [0.05, 0.1) is 0 Å². The Kier molecular flexibility index (Phi) is 2.27. The SMILES string of the molecule is [B]c1cc(Cl)c(C)c(Cl)c1. The van der Waals surface area contributed by atoms with E-state index in [1.165, 1.54) is 0 Å². The van der Waals surface area contributed by atoms with E-state index in [1.807, 2.05) is 6.92 Å². The molecule has 0 saturated heterocycles. The number of halogens is 2. The lowest BCUT2D eigenvalue weighted by atomic mass is 9.95. The number of hydrogen-bond acceptors (Lipinski definition) is 0. The molecule has 0 N–H and O–H groups in total. The van der Waals surface area contributed by atoms with Crippen LogP contribution in [-0.2, 0) is 0 Å². The van der Waals surface area contributed by atoms with Gasteiger partial charge in [0, 0.05) is 10.0 Å². The van der Waals surface area contributed by atoms with Gasteiger partial charge in [0.1, 0.15) is 7.85 Å². The molecule has 0 heterocycles. The maximum Gasteiger partial charge on any atom is 0.113 e. The fraction of sp³-hybridized carbons (Fsp3) is 0.143. The van der Waals surface area contributed by atoms with Crippen LogP contribution in [-0.4, -0.2) is 7.85 Å². The Labute approximate surface area is 71.6 Å². The summed E-state index contributed by atoms with van der Waals surface area (Å²) in [5.41, 5.74) is 1.47. The van der Waals surface area contributed by atoms with Gasteiger partial charge in [-0.05, 0) is 12.5 Å². The molecular weight excluding hydrogens is 166 g/mol. The highest BCUT2D eigenvalue weighted by Crippen LogP contribution is 2.20. The van der Waals surface area contributed by atoms with E-state index in [0.717, 1.165) is 5.56 Å². The lowest BCUT2D eigenvalue weighted by Crippen LogP contribution is -2.01. The Balaban J connectivity index is 3.31. The lowest BCUT2D eigenvalue weighted by molar-refractivity contribution is 1.49. The molecule has 0 saturated carbocycles. The normalized spacial score (nSPS) is 9.90. The summed E-state index contributed by atoms with van der Waals surface area (Å²) in [4.78, 5) is 0. The lowest BCUT2D eigenvalue weighted by Gasteiger charge is -2.01. The van der Waals surface area contributed by atoms with Crippen molar-refractivity contribution in [2.45, 2.75) is 6.92 Å². The standard InChI is InChI=1S/C7H5BCl2/c1-4-6(9)2-5(8)3-7(4)10/h2-3H,1H3. The molecule has 0 atom stereocenters. The maximum atomic E-state index is 5.75. The molecule has 0 fully saturated rings. The summed E-state index contributed by atoms with van der Waals surface area (Å²) in [5.74, 6) is 0. The van der Waals surface area contributed by atoms with Gasteiger partial charge in [-0.3, -0.25) is 0 Å². The van der Waals surface area contributed by atoms with Crippen molar-refractivity contribution in [2.24, 2.45) is 0 Å². The first-order valence-electron chi connectivity index (χ1n) is 2.82. The summed E-state index contributed by atoms with van der Waals surface area (Å²) < 4.78 is 0. The largest absolute Gasteiger partial charge is 0.113 e. The molecule has 2 radical (unpaired) electrons. The first-order valence-corrected chi connectivity index (χ1v) is 3.58. The summed E-state index contributed by atoms with van der Waals surface area (Å²) >= 11 is 11.5. The zero-order valence-electron chi connectivity index (χ0n) is 5.49. The highest BCUT2D eigenvalue weighted by atomic mass is 35.5. The van der Waals surface area contributed by atoms with Gasteiger partial charge in [0.25, 0.3) is 0 Å². The highest BCUT2D eigenvalue weighted by Gasteiger charge is 1.99. The molecule has 3 heteroatoms. The molecule has 0 bridgehead atoms. The second kappa shape index (κ2) is 2.85. The van der Waals surface area contributed by atoms with Gasteiger partial charge in [-0.25, -0.2) is 0 Å². The number of benzene rings is 1. The van der Waals surface area contributed by atoms with Crippen molar-refractivity contribution in [3.05, 3.63) is 27.7 Å². The maximum absolute atomic E-state index is 5.75. The van der Waals surface area contributed by atoms with Crippen molar-refractivity contribution >= 4 is 36.5 Å². The van der Waals surface area contributed by atoms with Crippen LogP contribution in [0, 0.1) is 6.92 Å². The minimum Gasteiger partial charge on any atom is -0.0937 e. The van der Waals surface area contributed by atoms with Crippen LogP contribution >= 0.6 is 23.2 Å². The average Bonchev–Trinajstić information content (AvgIpc) is 1.82. The molecular formula is C7H5BCl2. The van der Waals surface area contributed by atoms with Crippen molar-refractivity contribution in [3.8, 4) is 0 Å². The monoisotopic (exact) mass is 170 g/mol. The minimum atomic E-state index is 0.598. The average molecular weight is 171 g/mol. The zero-order chi connectivity index (χ0) is 7.72. The molecule has 0 spiro atoms. The molecule has 0 aliphatic heterocycles. The van der Waals surface area contributed by atoms with Crippen LogP contribution in [0.5, 0.6) is 0 Å². The van der Waals surface area contributed by atoms with E-state index in [0.29, 0.717) is 15.5 Å². The van der Waals surface area contributed by atoms with Crippen molar-refractivity contribution < 1.29 is 0 Å². The van der Waals surface area contributed by atoms with Gasteiger partial charge >= 0.3 is 0 Å². The van der Waals surface area contributed by atoms with Crippen molar-refractivity contribution in [2.75, 3.05) is 0 Å². The first kappa shape index (κ1) is 7.97. The van der Waals surface area contributed by atoms with Crippen molar-refractivity contribution in [1.82, 2.24) is 0 Å². The summed E-state index contributed by atoms with van der Waals surface area (Å²) in [6.45, 7) is 1.85. The van der Waals surface area contributed by atoms with Crippen LogP contribution in [0.1, 0.15) is 5.56 Å². The van der Waals surface area contributed by atoms with Gasteiger partial charge in [-0.2, -0.15) is 0 Å². The quantitative estimate of drug-likeness (QED) is 0.524. The predicted octanol–water partition coefficient (Wildman–Crippen LogP) is 2.10. The molecule has 0 amide bonds. The summed E-state index contributed by atoms with van der Waals surface area (Å²) in [7, 11) is 5.46. The molecule has 0 unspecified atom stereocenters. The van der Waals surface area contributed by atoms with Gasteiger partial charge in [-0.1, -0.05) is 40.8 Å². The van der Waals surface area contributed by atoms with Crippen molar-refractivity contribution in [3.63, 3.8) is 0 Å². The number of hydrogen-bond donors (Lipinski definition) is 0. The molecule has 0 aliphatic carbocycles. The smallest absolute Gasteiger partial charge is 0.0937 e. The zero-order valence-corrected chi connectivity index (χ0v) is 7.00. The molecule has 10 heavy (non-hydrogen) atoms. The first-order chi connectivity index (χ1) is 4.61. The van der Waals surface area contributed by atoms with Crippen LogP contribution in [0.4, 0.5) is 0 Å². The highest BCUT2D eigenvalue weighted by molar-refractivity contribution is 6.40. The van der Waals surface area contributed by atoms with Crippen LogP contribution in [0.2, 0.25) is 10.0 Å². The van der Waals surface area contributed by atoms with E-state index in [-0.39, 0.29) is 0 Å². The molecule has 1 rings (SSSR count). The second-order valence-electron chi connectivity index (χ2n) is 2.11. The van der Waals surface area contributed by atoms with Crippen LogP contribution in [0.25, 0.3) is 0 Å². The van der Waals surface area contributed by atoms with E-state index >= 15 is 0 Å². The number of rotatable bonds is 0. The molecule has 0 aliphatic rings. The summed E-state index contributed by atoms with van der Waals surface area (Å²) in [6, 6.07) is 3.37. The third-order valence-corrected chi connectivity index (χ3v) is 2.09. The molecule has 0 aromatic heterocycles. The predicted molar refractivity (Wildman–Crippen MR) is 46.6 cm³/mol. The Morgan fingerprint density at radius 3 is 2.00 bits per heavy atom. The summed E-state index contributed by atoms with van der Waals surface area (Å²) in [5, 5.41) is 1.23. The summed E-state index contributed by atoms with van der Waals surface area (Å²) in [6.07, 6.45) is 0. The van der Waals surface area contributed by atoms with E-state index in [9.17, 15) is 0 Å². The van der Waals surface area contributed by atoms with E-state index in [4.69, 9.17) is 31.0 Å². The third kappa shape index (κ3) is 1.47.